The fourth-order valence-electron chi connectivity index (χ4n) is 3.19. The van der Waals surface area contributed by atoms with Gasteiger partial charge >= 0.3 is 0 Å². The minimum absolute atomic E-state index is 0. The molecule has 2 saturated heterocycles. The Morgan fingerprint density at radius 1 is 1.35 bits per heavy atom. The predicted molar refractivity (Wildman–Crippen MR) is 90.5 cm³/mol. The van der Waals surface area contributed by atoms with E-state index in [0.29, 0.717) is 19.1 Å². The van der Waals surface area contributed by atoms with E-state index in [1.54, 1.807) is 7.11 Å². The van der Waals surface area contributed by atoms with Crippen molar-refractivity contribution >= 4 is 29.9 Å². The van der Waals surface area contributed by atoms with Crippen molar-refractivity contribution in [2.75, 3.05) is 46.4 Å². The van der Waals surface area contributed by atoms with Gasteiger partial charge in [0.05, 0.1) is 12.6 Å². The summed E-state index contributed by atoms with van der Waals surface area (Å²) in [7, 11) is 1.77. The zero-order valence-electron chi connectivity index (χ0n) is 12.6. The van der Waals surface area contributed by atoms with Gasteiger partial charge in [0.1, 0.15) is 0 Å². The van der Waals surface area contributed by atoms with Gasteiger partial charge in [-0.1, -0.05) is 0 Å². The fraction of sp³-hybridized carbons (Fsp3) is 0.929. The summed E-state index contributed by atoms with van der Waals surface area (Å²) in [6, 6.07) is 0.464. The van der Waals surface area contributed by atoms with Crippen molar-refractivity contribution in [2.45, 2.75) is 38.3 Å². The van der Waals surface area contributed by atoms with E-state index in [2.05, 4.69) is 15.1 Å². The molecule has 1 N–H and O–H groups in total. The van der Waals surface area contributed by atoms with Crippen LogP contribution in [0.4, 0.5) is 0 Å². The van der Waals surface area contributed by atoms with Crippen LogP contribution >= 0.6 is 24.0 Å². The Morgan fingerprint density at radius 2 is 2.05 bits per heavy atom. The molecular weight excluding hydrogens is 369 g/mol. The van der Waals surface area contributed by atoms with Gasteiger partial charge < -0.3 is 15.0 Å². The largest absolute Gasteiger partial charge is 0.380 e. The molecular formula is C14H28IN3O2. The number of likely N-dealkylation sites (N-methyl/N-ethyl adjacent to an activating group) is 1. The number of rotatable bonds is 6. The smallest absolute Gasteiger partial charge is 0.234 e. The lowest BCUT2D eigenvalue weighted by atomic mass is 10.2. The number of carbonyl (C=O) groups is 1. The lowest BCUT2D eigenvalue weighted by molar-refractivity contribution is -0.122. The molecule has 0 radical (unpaired) electrons. The Kier molecular flexibility index (Phi) is 8.31. The Bertz CT molecular complexity index is 298. The molecule has 6 heteroatoms. The summed E-state index contributed by atoms with van der Waals surface area (Å²) >= 11 is 0. The summed E-state index contributed by atoms with van der Waals surface area (Å²) in [6.45, 7) is 7.56. The number of halogens is 1. The second-order valence-electron chi connectivity index (χ2n) is 5.64. The topological polar surface area (TPSA) is 44.8 Å². The maximum absolute atomic E-state index is 11.8. The molecule has 0 aromatic heterocycles. The van der Waals surface area contributed by atoms with E-state index in [9.17, 15) is 4.79 Å². The van der Waals surface area contributed by atoms with Gasteiger partial charge in [-0.15, -0.1) is 24.0 Å². The van der Waals surface area contributed by atoms with Gasteiger partial charge in [-0.25, -0.2) is 0 Å². The Balaban J connectivity index is 0.00000200. The first-order valence-corrected chi connectivity index (χ1v) is 7.48. The average molecular weight is 397 g/mol. The SMILES string of the molecule is CCNC(=O)CN1C[C@@H](OC)C[C@H]1CN1CCCC1.I. The molecule has 0 bridgehead atoms. The number of carbonyl (C=O) groups excluding carboxylic acids is 1. The van der Waals surface area contributed by atoms with Crippen molar-refractivity contribution in [2.24, 2.45) is 0 Å². The molecule has 0 aliphatic carbocycles. The average Bonchev–Trinajstić information content (AvgIpc) is 3.01. The second kappa shape index (κ2) is 9.17. The van der Waals surface area contributed by atoms with E-state index >= 15 is 0 Å². The lowest BCUT2D eigenvalue weighted by Gasteiger charge is -2.27. The van der Waals surface area contributed by atoms with E-state index in [-0.39, 0.29) is 36.0 Å². The van der Waals surface area contributed by atoms with Gasteiger partial charge in [0.15, 0.2) is 0 Å². The molecule has 20 heavy (non-hydrogen) atoms. The minimum atomic E-state index is 0. The van der Waals surface area contributed by atoms with Crippen LogP contribution in [0.1, 0.15) is 26.2 Å². The molecule has 0 aromatic rings. The highest BCUT2D eigenvalue weighted by Gasteiger charge is 2.34. The monoisotopic (exact) mass is 397 g/mol. The first-order chi connectivity index (χ1) is 9.22. The number of hydrogen-bond acceptors (Lipinski definition) is 4. The molecule has 2 aliphatic rings. The molecule has 0 spiro atoms. The van der Waals surface area contributed by atoms with Crippen LogP contribution < -0.4 is 5.32 Å². The lowest BCUT2D eigenvalue weighted by Crippen LogP contribution is -2.44. The summed E-state index contributed by atoms with van der Waals surface area (Å²) in [5, 5.41) is 2.88. The first kappa shape index (κ1) is 18.1. The molecule has 2 aliphatic heterocycles. The third-order valence-corrected chi connectivity index (χ3v) is 4.21. The maximum Gasteiger partial charge on any atom is 0.234 e. The Labute approximate surface area is 139 Å². The van der Waals surface area contributed by atoms with Gasteiger partial charge in [-0.2, -0.15) is 0 Å². The molecule has 0 saturated carbocycles. The molecule has 1 amide bonds. The van der Waals surface area contributed by atoms with Crippen LogP contribution in [0.2, 0.25) is 0 Å². The van der Waals surface area contributed by atoms with Crippen molar-refractivity contribution in [3.8, 4) is 0 Å². The van der Waals surface area contributed by atoms with Gasteiger partial charge in [0.2, 0.25) is 5.91 Å². The summed E-state index contributed by atoms with van der Waals surface area (Å²) in [5.41, 5.74) is 0. The fourth-order valence-corrected chi connectivity index (χ4v) is 3.19. The van der Waals surface area contributed by atoms with Crippen LogP contribution in [0.5, 0.6) is 0 Å². The van der Waals surface area contributed by atoms with E-state index < -0.39 is 0 Å². The van der Waals surface area contributed by atoms with Crippen LogP contribution in [0.15, 0.2) is 0 Å². The quantitative estimate of drug-likeness (QED) is 0.678. The highest BCUT2D eigenvalue weighted by molar-refractivity contribution is 14.0. The molecule has 0 unspecified atom stereocenters. The van der Waals surface area contributed by atoms with Gasteiger partial charge in [0, 0.05) is 32.8 Å². The highest BCUT2D eigenvalue weighted by atomic mass is 127. The van der Waals surface area contributed by atoms with Crippen LogP contribution in [0, 0.1) is 0 Å². The number of hydrogen-bond donors (Lipinski definition) is 1. The number of methoxy groups -OCH3 is 1. The van der Waals surface area contributed by atoms with Crippen LogP contribution in [0.25, 0.3) is 0 Å². The molecule has 2 fully saturated rings. The van der Waals surface area contributed by atoms with Crippen LogP contribution in [-0.4, -0.2) is 74.2 Å². The summed E-state index contributed by atoms with van der Waals surface area (Å²) in [6.07, 6.45) is 3.96. The zero-order valence-corrected chi connectivity index (χ0v) is 15.0. The molecule has 2 rings (SSSR count). The predicted octanol–water partition coefficient (Wildman–Crippen LogP) is 0.926. The van der Waals surface area contributed by atoms with Crippen molar-refractivity contribution < 1.29 is 9.53 Å². The normalized spacial score (nSPS) is 27.5. The standard InChI is InChI=1S/C14H27N3O2.HI/c1-3-15-14(18)11-17-10-13(19-2)8-12(17)9-16-6-4-5-7-16;/h12-13H,3-11H2,1-2H3,(H,15,18);1H/t12-,13-;/m0./s1. The Morgan fingerprint density at radius 3 is 2.65 bits per heavy atom. The van der Waals surface area contributed by atoms with Gasteiger partial charge in [-0.3, -0.25) is 9.69 Å². The number of nitrogens with zero attached hydrogens (tertiary/aromatic N) is 2. The molecule has 0 aromatic carbocycles. The summed E-state index contributed by atoms with van der Waals surface area (Å²) in [4.78, 5) is 16.6. The number of amides is 1. The minimum Gasteiger partial charge on any atom is -0.380 e. The number of ether oxygens (including phenoxy) is 1. The van der Waals surface area contributed by atoms with Gasteiger partial charge in [0.25, 0.3) is 0 Å². The van der Waals surface area contributed by atoms with Crippen molar-refractivity contribution in [1.29, 1.82) is 0 Å². The summed E-state index contributed by atoms with van der Waals surface area (Å²) < 4.78 is 5.49. The van der Waals surface area contributed by atoms with Crippen molar-refractivity contribution in [3.63, 3.8) is 0 Å². The Hall–Kier alpha value is 0.0800. The zero-order chi connectivity index (χ0) is 13.7. The third kappa shape index (κ3) is 5.13. The number of likely N-dealkylation sites (tertiary alicyclic amines) is 2. The maximum atomic E-state index is 11.8. The van der Waals surface area contributed by atoms with E-state index in [0.717, 1.165) is 19.5 Å². The molecule has 118 valence electrons. The highest BCUT2D eigenvalue weighted by Crippen LogP contribution is 2.22. The van der Waals surface area contributed by atoms with Crippen LogP contribution in [-0.2, 0) is 9.53 Å². The summed E-state index contributed by atoms with van der Waals surface area (Å²) in [5.74, 6) is 0.130. The van der Waals surface area contributed by atoms with Crippen molar-refractivity contribution in [1.82, 2.24) is 15.1 Å². The second-order valence-corrected chi connectivity index (χ2v) is 5.64. The van der Waals surface area contributed by atoms with E-state index in [4.69, 9.17) is 4.74 Å². The van der Waals surface area contributed by atoms with Gasteiger partial charge in [-0.05, 0) is 39.3 Å². The molecule has 5 nitrogen and oxygen atoms in total. The van der Waals surface area contributed by atoms with E-state index in [1.165, 1.54) is 25.9 Å². The first-order valence-electron chi connectivity index (χ1n) is 7.48. The third-order valence-electron chi connectivity index (χ3n) is 4.21. The van der Waals surface area contributed by atoms with Crippen molar-refractivity contribution in [3.05, 3.63) is 0 Å². The molecule has 2 atom stereocenters. The number of nitrogens with one attached hydrogen (secondary N) is 1. The van der Waals surface area contributed by atoms with Crippen LogP contribution in [0.3, 0.4) is 0 Å². The van der Waals surface area contributed by atoms with E-state index in [1.807, 2.05) is 6.92 Å². The molecule has 2 heterocycles.